The van der Waals surface area contributed by atoms with Crippen LogP contribution >= 0.6 is 0 Å². The summed E-state index contributed by atoms with van der Waals surface area (Å²) in [6, 6.07) is 17.0. The van der Waals surface area contributed by atoms with Crippen LogP contribution in [0.3, 0.4) is 0 Å². The average Bonchev–Trinajstić information content (AvgIpc) is 3.50. The second kappa shape index (κ2) is 7.60. The first-order chi connectivity index (χ1) is 12.6. The SMILES string of the molecule is CCN(C(=O)C1(C(=O)NCc2ccc(OC)cc2)CC1)c1ccccc1. The minimum atomic E-state index is -0.918. The van der Waals surface area contributed by atoms with Crippen LogP contribution in [-0.4, -0.2) is 25.5 Å². The summed E-state index contributed by atoms with van der Waals surface area (Å²) in [6.07, 6.45) is 1.20. The van der Waals surface area contributed by atoms with Crippen LogP contribution in [0.2, 0.25) is 0 Å². The molecule has 0 atom stereocenters. The third-order valence-corrected chi connectivity index (χ3v) is 4.84. The molecule has 5 nitrogen and oxygen atoms in total. The van der Waals surface area contributed by atoms with Gasteiger partial charge in [0.2, 0.25) is 11.8 Å². The first kappa shape index (κ1) is 18.0. The number of hydrogen-bond acceptors (Lipinski definition) is 3. The molecule has 1 aliphatic rings. The zero-order chi connectivity index (χ0) is 18.6. The summed E-state index contributed by atoms with van der Waals surface area (Å²) in [5.41, 5.74) is 0.880. The molecule has 5 heteroatoms. The van der Waals surface area contributed by atoms with Gasteiger partial charge in [0.15, 0.2) is 0 Å². The van der Waals surface area contributed by atoms with E-state index >= 15 is 0 Å². The Hall–Kier alpha value is -2.82. The van der Waals surface area contributed by atoms with E-state index in [-0.39, 0.29) is 11.8 Å². The van der Waals surface area contributed by atoms with Crippen molar-refractivity contribution in [1.82, 2.24) is 5.32 Å². The van der Waals surface area contributed by atoms with Crippen LogP contribution in [0.5, 0.6) is 5.75 Å². The van der Waals surface area contributed by atoms with Crippen molar-refractivity contribution in [1.29, 1.82) is 0 Å². The molecule has 26 heavy (non-hydrogen) atoms. The molecule has 1 N–H and O–H groups in total. The van der Waals surface area contributed by atoms with Crippen LogP contribution < -0.4 is 15.0 Å². The molecular formula is C21H24N2O3. The third kappa shape index (κ3) is 3.57. The van der Waals surface area contributed by atoms with Gasteiger partial charge in [0.05, 0.1) is 7.11 Å². The van der Waals surface area contributed by atoms with Gasteiger partial charge in [-0.25, -0.2) is 0 Å². The third-order valence-electron chi connectivity index (χ3n) is 4.84. The summed E-state index contributed by atoms with van der Waals surface area (Å²) in [5, 5.41) is 2.92. The Kier molecular flexibility index (Phi) is 5.26. The van der Waals surface area contributed by atoms with Gasteiger partial charge in [0.1, 0.15) is 11.2 Å². The number of ether oxygens (including phenoxy) is 1. The largest absolute Gasteiger partial charge is 0.497 e. The van der Waals surface area contributed by atoms with Gasteiger partial charge in [0.25, 0.3) is 0 Å². The molecular weight excluding hydrogens is 328 g/mol. The molecule has 136 valence electrons. The lowest BCUT2D eigenvalue weighted by molar-refractivity contribution is -0.135. The fraction of sp³-hybridized carbons (Fsp3) is 0.333. The Bertz CT molecular complexity index is 768. The highest BCUT2D eigenvalue weighted by Gasteiger charge is 2.57. The smallest absolute Gasteiger partial charge is 0.242 e. The molecule has 0 bridgehead atoms. The van der Waals surface area contributed by atoms with Crippen LogP contribution in [-0.2, 0) is 16.1 Å². The normalized spacial score (nSPS) is 14.4. The summed E-state index contributed by atoms with van der Waals surface area (Å²) >= 11 is 0. The highest BCUT2D eigenvalue weighted by molar-refractivity contribution is 6.14. The first-order valence-electron chi connectivity index (χ1n) is 8.89. The van der Waals surface area contributed by atoms with E-state index in [0.717, 1.165) is 17.0 Å². The predicted octanol–water partition coefficient (Wildman–Crippen LogP) is 3.14. The second-order valence-electron chi connectivity index (χ2n) is 6.50. The molecule has 0 saturated heterocycles. The Morgan fingerprint density at radius 1 is 1.08 bits per heavy atom. The van der Waals surface area contributed by atoms with Crippen LogP contribution in [0.25, 0.3) is 0 Å². The number of amides is 2. The number of methoxy groups -OCH3 is 1. The molecule has 0 spiro atoms. The lowest BCUT2D eigenvalue weighted by atomic mass is 10.0. The summed E-state index contributed by atoms with van der Waals surface area (Å²) in [4.78, 5) is 27.5. The van der Waals surface area contributed by atoms with E-state index in [1.165, 1.54) is 0 Å². The average molecular weight is 352 g/mol. The number of anilines is 1. The van der Waals surface area contributed by atoms with E-state index < -0.39 is 5.41 Å². The molecule has 0 aromatic heterocycles. The van der Waals surface area contributed by atoms with Crippen molar-refractivity contribution in [2.75, 3.05) is 18.6 Å². The molecule has 2 amide bonds. The summed E-state index contributed by atoms with van der Waals surface area (Å²) in [6.45, 7) is 2.86. The maximum Gasteiger partial charge on any atom is 0.242 e. The molecule has 3 rings (SSSR count). The zero-order valence-corrected chi connectivity index (χ0v) is 15.2. The maximum atomic E-state index is 13.0. The number of rotatable bonds is 7. The van der Waals surface area contributed by atoms with Gasteiger partial charge in [-0.05, 0) is 49.6 Å². The zero-order valence-electron chi connectivity index (χ0n) is 15.2. The van der Waals surface area contributed by atoms with Crippen molar-refractivity contribution in [3.63, 3.8) is 0 Å². The van der Waals surface area contributed by atoms with E-state index in [1.807, 2.05) is 61.5 Å². The van der Waals surface area contributed by atoms with Gasteiger partial charge in [-0.15, -0.1) is 0 Å². The molecule has 1 fully saturated rings. The first-order valence-corrected chi connectivity index (χ1v) is 8.89. The Morgan fingerprint density at radius 3 is 2.27 bits per heavy atom. The maximum absolute atomic E-state index is 13.0. The van der Waals surface area contributed by atoms with Crippen molar-refractivity contribution in [2.45, 2.75) is 26.3 Å². The van der Waals surface area contributed by atoms with Crippen molar-refractivity contribution < 1.29 is 14.3 Å². The quantitative estimate of drug-likeness (QED) is 0.779. The molecule has 1 saturated carbocycles. The molecule has 1 aliphatic carbocycles. The topological polar surface area (TPSA) is 58.6 Å². The van der Waals surface area contributed by atoms with E-state index in [0.29, 0.717) is 25.9 Å². The number of nitrogens with one attached hydrogen (secondary N) is 1. The monoisotopic (exact) mass is 352 g/mol. The van der Waals surface area contributed by atoms with E-state index in [4.69, 9.17) is 4.74 Å². The van der Waals surface area contributed by atoms with Crippen LogP contribution in [0.1, 0.15) is 25.3 Å². The van der Waals surface area contributed by atoms with E-state index in [1.54, 1.807) is 12.0 Å². The van der Waals surface area contributed by atoms with Gasteiger partial charge < -0.3 is 15.0 Å². The molecule has 0 unspecified atom stereocenters. The Labute approximate surface area is 154 Å². The number of carbonyl (C=O) groups is 2. The lowest BCUT2D eigenvalue weighted by Gasteiger charge is -2.26. The fourth-order valence-corrected chi connectivity index (χ4v) is 3.07. The molecule has 2 aromatic carbocycles. The fourth-order valence-electron chi connectivity index (χ4n) is 3.07. The standard InChI is InChI=1S/C21H24N2O3/c1-3-23(17-7-5-4-6-8-17)20(25)21(13-14-21)19(24)22-15-16-9-11-18(26-2)12-10-16/h4-12H,3,13-15H2,1-2H3,(H,22,24). The van der Waals surface area contributed by atoms with E-state index in [9.17, 15) is 9.59 Å². The Balaban J connectivity index is 1.66. The minimum absolute atomic E-state index is 0.113. The molecule has 0 aliphatic heterocycles. The predicted molar refractivity (Wildman–Crippen MR) is 101 cm³/mol. The number of benzene rings is 2. The highest BCUT2D eigenvalue weighted by atomic mass is 16.5. The lowest BCUT2D eigenvalue weighted by Crippen LogP contribution is -2.45. The number of hydrogen-bond donors (Lipinski definition) is 1. The van der Waals surface area contributed by atoms with Gasteiger partial charge >= 0.3 is 0 Å². The van der Waals surface area contributed by atoms with E-state index in [2.05, 4.69) is 5.32 Å². The number of carbonyl (C=O) groups excluding carboxylic acids is 2. The summed E-state index contributed by atoms with van der Waals surface area (Å²) in [5.74, 6) is 0.474. The minimum Gasteiger partial charge on any atom is -0.497 e. The Morgan fingerprint density at radius 2 is 1.73 bits per heavy atom. The van der Waals surface area contributed by atoms with Gasteiger partial charge in [-0.2, -0.15) is 0 Å². The highest BCUT2D eigenvalue weighted by Crippen LogP contribution is 2.48. The van der Waals surface area contributed by atoms with Gasteiger partial charge in [-0.1, -0.05) is 30.3 Å². The molecule has 0 heterocycles. The second-order valence-corrected chi connectivity index (χ2v) is 6.50. The summed E-state index contributed by atoms with van der Waals surface area (Å²) in [7, 11) is 1.62. The van der Waals surface area contributed by atoms with Gasteiger partial charge in [0, 0.05) is 18.8 Å². The van der Waals surface area contributed by atoms with Gasteiger partial charge in [-0.3, -0.25) is 9.59 Å². The van der Waals surface area contributed by atoms with Crippen LogP contribution in [0, 0.1) is 5.41 Å². The molecule has 0 radical (unpaired) electrons. The number of nitrogens with zero attached hydrogens (tertiary/aromatic N) is 1. The number of para-hydroxylation sites is 1. The van der Waals surface area contributed by atoms with Crippen molar-refractivity contribution >= 4 is 17.5 Å². The van der Waals surface area contributed by atoms with Crippen molar-refractivity contribution in [3.8, 4) is 5.75 Å². The summed E-state index contributed by atoms with van der Waals surface area (Å²) < 4.78 is 5.13. The molecule has 2 aromatic rings. The van der Waals surface area contributed by atoms with Crippen molar-refractivity contribution in [2.24, 2.45) is 5.41 Å². The van der Waals surface area contributed by atoms with Crippen LogP contribution in [0.4, 0.5) is 5.69 Å². The van der Waals surface area contributed by atoms with Crippen LogP contribution in [0.15, 0.2) is 54.6 Å². The van der Waals surface area contributed by atoms with Crippen molar-refractivity contribution in [3.05, 3.63) is 60.2 Å².